The first-order valence-corrected chi connectivity index (χ1v) is 10.3. The van der Waals surface area contributed by atoms with Crippen molar-refractivity contribution in [3.05, 3.63) is 34.4 Å². The number of nitrogens with one attached hydrogen (secondary N) is 1. The van der Waals surface area contributed by atoms with E-state index in [4.69, 9.17) is 4.74 Å². The summed E-state index contributed by atoms with van der Waals surface area (Å²) in [5.74, 6) is 1.22. The Labute approximate surface area is 165 Å². The van der Waals surface area contributed by atoms with Gasteiger partial charge in [0, 0.05) is 26.1 Å². The van der Waals surface area contributed by atoms with Crippen LogP contribution in [-0.2, 0) is 17.8 Å². The predicted molar refractivity (Wildman–Crippen MR) is 110 cm³/mol. The Morgan fingerprint density at radius 3 is 2.86 bits per heavy atom. The molecule has 0 unspecified atom stereocenters. The lowest BCUT2D eigenvalue weighted by atomic mass is 10.2. The van der Waals surface area contributed by atoms with Gasteiger partial charge in [-0.25, -0.2) is 4.98 Å². The Bertz CT molecular complexity index is 874. The zero-order valence-corrected chi connectivity index (χ0v) is 16.9. The Morgan fingerprint density at radius 2 is 2.07 bits per heavy atom. The first kappa shape index (κ1) is 20.3. The second kappa shape index (κ2) is 9.68. The molecule has 0 atom stereocenters. The third-order valence-corrected chi connectivity index (χ3v) is 5.30. The Kier molecular flexibility index (Phi) is 7.03. The average molecular weight is 386 g/mol. The minimum Gasteiger partial charge on any atom is -0.484 e. The maximum atomic E-state index is 12.9. The molecular formula is C21H30N4O3. The Balaban J connectivity index is 1.63. The summed E-state index contributed by atoms with van der Waals surface area (Å²) >= 11 is 0. The minimum atomic E-state index is -0.163. The van der Waals surface area contributed by atoms with Crippen LogP contribution in [0, 0.1) is 0 Å². The van der Waals surface area contributed by atoms with Gasteiger partial charge in [-0.05, 0) is 44.1 Å². The molecule has 1 aromatic heterocycles. The molecule has 152 valence electrons. The summed E-state index contributed by atoms with van der Waals surface area (Å²) in [5.41, 5.74) is 0.671. The van der Waals surface area contributed by atoms with E-state index in [9.17, 15) is 9.59 Å². The molecule has 2 aromatic rings. The van der Waals surface area contributed by atoms with Gasteiger partial charge in [-0.15, -0.1) is 0 Å². The largest absolute Gasteiger partial charge is 0.484 e. The topological polar surface area (TPSA) is 76.5 Å². The highest BCUT2D eigenvalue weighted by molar-refractivity contribution is 5.80. The molecule has 1 aromatic carbocycles. The van der Waals surface area contributed by atoms with E-state index in [-0.39, 0.29) is 18.1 Å². The summed E-state index contributed by atoms with van der Waals surface area (Å²) in [5, 5.41) is 3.41. The summed E-state index contributed by atoms with van der Waals surface area (Å²) < 4.78 is 7.40. The number of benzene rings is 1. The van der Waals surface area contributed by atoms with E-state index in [1.54, 1.807) is 22.8 Å². The van der Waals surface area contributed by atoms with Gasteiger partial charge in [-0.1, -0.05) is 20.3 Å². The fraction of sp³-hybridized carbons (Fsp3) is 0.571. The van der Waals surface area contributed by atoms with Crippen molar-refractivity contribution in [2.24, 2.45) is 0 Å². The number of hydrogen-bond acceptors (Lipinski definition) is 5. The van der Waals surface area contributed by atoms with Crippen molar-refractivity contribution in [3.63, 3.8) is 0 Å². The molecule has 2 heterocycles. The van der Waals surface area contributed by atoms with E-state index in [2.05, 4.69) is 29.0 Å². The van der Waals surface area contributed by atoms with Crippen molar-refractivity contribution in [1.82, 2.24) is 19.8 Å². The second-order valence-electron chi connectivity index (χ2n) is 7.14. The summed E-state index contributed by atoms with van der Waals surface area (Å²) in [6, 6.07) is 5.27. The lowest BCUT2D eigenvalue weighted by Crippen LogP contribution is -2.36. The number of amides is 1. The zero-order valence-electron chi connectivity index (χ0n) is 16.9. The predicted octanol–water partition coefficient (Wildman–Crippen LogP) is 1.96. The van der Waals surface area contributed by atoms with Crippen LogP contribution in [0.1, 0.15) is 38.9 Å². The fourth-order valence-corrected chi connectivity index (χ4v) is 3.58. The van der Waals surface area contributed by atoms with Crippen molar-refractivity contribution >= 4 is 16.8 Å². The van der Waals surface area contributed by atoms with Crippen molar-refractivity contribution in [3.8, 4) is 5.75 Å². The Morgan fingerprint density at radius 1 is 1.25 bits per heavy atom. The van der Waals surface area contributed by atoms with Gasteiger partial charge >= 0.3 is 0 Å². The molecule has 1 N–H and O–H groups in total. The molecule has 7 heteroatoms. The highest BCUT2D eigenvalue weighted by Crippen LogP contribution is 2.19. The highest BCUT2D eigenvalue weighted by Gasteiger charge is 2.14. The van der Waals surface area contributed by atoms with Crippen LogP contribution < -0.4 is 15.6 Å². The fourth-order valence-electron chi connectivity index (χ4n) is 3.58. The van der Waals surface area contributed by atoms with Crippen molar-refractivity contribution in [2.75, 3.05) is 32.8 Å². The zero-order chi connectivity index (χ0) is 19.9. The van der Waals surface area contributed by atoms with Gasteiger partial charge in [-0.3, -0.25) is 14.2 Å². The molecule has 1 amide bonds. The molecule has 0 saturated heterocycles. The van der Waals surface area contributed by atoms with Crippen LogP contribution in [0.25, 0.3) is 10.9 Å². The van der Waals surface area contributed by atoms with Crippen LogP contribution in [0.5, 0.6) is 5.75 Å². The monoisotopic (exact) mass is 386 g/mol. The molecule has 3 rings (SSSR count). The van der Waals surface area contributed by atoms with E-state index >= 15 is 0 Å². The molecule has 1 aliphatic heterocycles. The molecule has 0 fully saturated rings. The van der Waals surface area contributed by atoms with E-state index in [1.807, 2.05) is 0 Å². The van der Waals surface area contributed by atoms with Gasteiger partial charge in [-0.2, -0.15) is 0 Å². The number of hydrogen-bond donors (Lipinski definition) is 1. The maximum absolute atomic E-state index is 12.9. The number of aryl methyl sites for hydroxylation is 1. The number of carbonyl (C=O) groups excluding carboxylic acids is 1. The number of ether oxygens (including phenoxy) is 1. The second-order valence-corrected chi connectivity index (χ2v) is 7.14. The molecule has 28 heavy (non-hydrogen) atoms. The van der Waals surface area contributed by atoms with Gasteiger partial charge in [0.25, 0.3) is 11.5 Å². The van der Waals surface area contributed by atoms with Crippen LogP contribution in [0.4, 0.5) is 0 Å². The standard InChI is InChI=1S/C21H30N4O3/c1-3-24(4-2)13-11-22-20(26)15-28-16-9-10-18-17(14-16)21(27)25-12-7-5-6-8-19(25)23-18/h9-10,14H,3-8,11-13,15H2,1-2H3,(H,22,26). The highest BCUT2D eigenvalue weighted by atomic mass is 16.5. The first-order valence-electron chi connectivity index (χ1n) is 10.3. The number of fused-ring (bicyclic) bond motifs is 2. The van der Waals surface area contributed by atoms with Crippen LogP contribution in [-0.4, -0.2) is 53.1 Å². The first-order chi connectivity index (χ1) is 13.6. The number of nitrogens with zero attached hydrogens (tertiary/aromatic N) is 3. The molecule has 0 aliphatic carbocycles. The minimum absolute atomic E-state index is 0.0176. The summed E-state index contributed by atoms with van der Waals surface area (Å²) in [7, 11) is 0. The SMILES string of the molecule is CCN(CC)CCNC(=O)COc1ccc2nc3n(c(=O)c2c1)CCCCC3. The van der Waals surface area contributed by atoms with Crippen LogP contribution >= 0.6 is 0 Å². The third kappa shape index (κ3) is 4.90. The quantitative estimate of drug-likeness (QED) is 0.751. The molecule has 0 saturated carbocycles. The van der Waals surface area contributed by atoms with Crippen molar-refractivity contribution < 1.29 is 9.53 Å². The Hall–Kier alpha value is -2.41. The molecule has 1 aliphatic rings. The van der Waals surface area contributed by atoms with Gasteiger partial charge in [0.1, 0.15) is 11.6 Å². The molecule has 0 spiro atoms. The van der Waals surface area contributed by atoms with E-state index in [0.717, 1.165) is 57.7 Å². The van der Waals surface area contributed by atoms with E-state index in [0.29, 0.717) is 23.2 Å². The smallest absolute Gasteiger partial charge is 0.261 e. The van der Waals surface area contributed by atoms with Crippen molar-refractivity contribution in [1.29, 1.82) is 0 Å². The van der Waals surface area contributed by atoms with Gasteiger partial charge in [0.2, 0.25) is 0 Å². The van der Waals surface area contributed by atoms with E-state index < -0.39 is 0 Å². The maximum Gasteiger partial charge on any atom is 0.261 e. The van der Waals surface area contributed by atoms with Gasteiger partial charge < -0.3 is 15.0 Å². The molecular weight excluding hydrogens is 356 g/mol. The third-order valence-electron chi connectivity index (χ3n) is 5.30. The van der Waals surface area contributed by atoms with Crippen LogP contribution in [0.2, 0.25) is 0 Å². The van der Waals surface area contributed by atoms with Crippen LogP contribution in [0.15, 0.2) is 23.0 Å². The van der Waals surface area contributed by atoms with Gasteiger partial charge in [0.05, 0.1) is 10.9 Å². The lowest BCUT2D eigenvalue weighted by molar-refractivity contribution is -0.123. The summed E-state index contributed by atoms with van der Waals surface area (Å²) in [4.78, 5) is 31.8. The normalized spacial score (nSPS) is 14.0. The van der Waals surface area contributed by atoms with Crippen molar-refractivity contribution in [2.45, 2.75) is 46.1 Å². The van der Waals surface area contributed by atoms with E-state index in [1.165, 1.54) is 0 Å². The average Bonchev–Trinajstić information content (AvgIpc) is 2.96. The van der Waals surface area contributed by atoms with Crippen LogP contribution in [0.3, 0.4) is 0 Å². The number of aromatic nitrogens is 2. The number of rotatable bonds is 8. The summed E-state index contributed by atoms with van der Waals surface area (Å²) in [6.07, 6.45) is 4.04. The molecule has 7 nitrogen and oxygen atoms in total. The molecule has 0 bridgehead atoms. The number of likely N-dealkylation sites (N-methyl/N-ethyl adjacent to an activating group) is 1. The lowest BCUT2D eigenvalue weighted by Gasteiger charge is -2.18. The van der Waals surface area contributed by atoms with Gasteiger partial charge in [0.15, 0.2) is 6.61 Å². The summed E-state index contributed by atoms with van der Waals surface area (Å²) in [6.45, 7) is 8.21. The number of carbonyl (C=O) groups is 1. The molecule has 0 radical (unpaired) electrons.